The van der Waals surface area contributed by atoms with Crippen molar-refractivity contribution in [1.29, 1.82) is 0 Å². The lowest BCUT2D eigenvalue weighted by Crippen LogP contribution is -2.00. The topological polar surface area (TPSA) is 38.0 Å². The molecule has 0 aromatic heterocycles. The first kappa shape index (κ1) is 12.1. The Morgan fingerprint density at radius 3 is 2.59 bits per heavy atom. The fraction of sp³-hybridized carbons (Fsp3) is 0.0769. The minimum atomic E-state index is 0.612. The first-order valence-electron chi connectivity index (χ1n) is 5.18. The zero-order valence-corrected chi connectivity index (χ0v) is 10.6. The van der Waals surface area contributed by atoms with Crippen molar-refractivity contribution >= 4 is 34.6 Å². The third-order valence-corrected chi connectivity index (χ3v) is 2.91. The van der Waals surface area contributed by atoms with Gasteiger partial charge in [0.15, 0.2) is 0 Å². The molecule has 0 saturated carbocycles. The molecule has 0 heterocycles. The lowest BCUT2D eigenvalue weighted by Gasteiger charge is -2.09. The van der Waals surface area contributed by atoms with Gasteiger partial charge in [-0.25, -0.2) is 0 Å². The Hall–Kier alpha value is -1.38. The second-order valence-corrected chi connectivity index (χ2v) is 4.57. The number of rotatable bonds is 3. The number of halogens is 2. The Bertz CT molecular complexity index is 527. The maximum atomic E-state index is 6.06. The Balaban J connectivity index is 2.07. The van der Waals surface area contributed by atoms with E-state index in [1.807, 2.05) is 30.3 Å². The highest BCUT2D eigenvalue weighted by Crippen LogP contribution is 2.25. The first-order valence-corrected chi connectivity index (χ1v) is 5.94. The highest BCUT2D eigenvalue weighted by Gasteiger charge is 2.01. The van der Waals surface area contributed by atoms with Gasteiger partial charge in [0.1, 0.15) is 0 Å². The molecule has 17 heavy (non-hydrogen) atoms. The van der Waals surface area contributed by atoms with Gasteiger partial charge in [-0.15, -0.1) is 0 Å². The molecule has 0 aliphatic heterocycles. The number of nitrogen functional groups attached to an aromatic ring is 1. The second-order valence-electron chi connectivity index (χ2n) is 3.72. The van der Waals surface area contributed by atoms with Crippen LogP contribution in [0.2, 0.25) is 10.0 Å². The number of nitrogens with two attached hydrogens (primary N) is 1. The molecule has 0 fully saturated rings. The minimum Gasteiger partial charge on any atom is -0.399 e. The number of benzene rings is 2. The fourth-order valence-electron chi connectivity index (χ4n) is 1.53. The van der Waals surface area contributed by atoms with Gasteiger partial charge in [0.2, 0.25) is 0 Å². The largest absolute Gasteiger partial charge is 0.399 e. The zero-order valence-electron chi connectivity index (χ0n) is 9.08. The van der Waals surface area contributed by atoms with Crippen LogP contribution in [0.3, 0.4) is 0 Å². The molecule has 2 aromatic rings. The maximum absolute atomic E-state index is 6.06. The van der Waals surface area contributed by atoms with Crippen LogP contribution in [0.5, 0.6) is 0 Å². The molecule has 88 valence electrons. The summed E-state index contributed by atoms with van der Waals surface area (Å²) in [5, 5.41) is 4.48. The molecule has 0 amide bonds. The average molecular weight is 267 g/mol. The predicted octanol–water partition coefficient (Wildman–Crippen LogP) is 4.19. The smallest absolute Gasteiger partial charge is 0.0652 e. The zero-order chi connectivity index (χ0) is 12.3. The van der Waals surface area contributed by atoms with E-state index in [2.05, 4.69) is 5.32 Å². The van der Waals surface area contributed by atoms with Crippen molar-refractivity contribution in [2.45, 2.75) is 6.54 Å². The molecular weight excluding hydrogens is 255 g/mol. The highest BCUT2D eigenvalue weighted by molar-refractivity contribution is 6.36. The van der Waals surface area contributed by atoms with Gasteiger partial charge >= 0.3 is 0 Å². The monoisotopic (exact) mass is 266 g/mol. The molecule has 0 spiro atoms. The van der Waals surface area contributed by atoms with Crippen molar-refractivity contribution in [2.75, 3.05) is 11.1 Å². The van der Waals surface area contributed by atoms with E-state index in [0.717, 1.165) is 16.9 Å². The van der Waals surface area contributed by atoms with Crippen LogP contribution in [-0.2, 0) is 6.54 Å². The average Bonchev–Trinajstić information content (AvgIpc) is 2.28. The van der Waals surface area contributed by atoms with Gasteiger partial charge in [-0.3, -0.25) is 0 Å². The fourth-order valence-corrected chi connectivity index (χ4v) is 2.01. The van der Waals surface area contributed by atoms with Gasteiger partial charge in [0, 0.05) is 17.3 Å². The lowest BCUT2D eigenvalue weighted by molar-refractivity contribution is 1.15. The number of anilines is 2. The van der Waals surface area contributed by atoms with Gasteiger partial charge in [-0.1, -0.05) is 35.3 Å². The summed E-state index contributed by atoms with van der Waals surface area (Å²) >= 11 is 11.9. The molecule has 3 N–H and O–H groups in total. The standard InChI is InChI=1S/C13H12Cl2N2/c14-10-4-5-13(12(15)7-10)17-8-9-2-1-3-11(16)6-9/h1-7,17H,8,16H2. The summed E-state index contributed by atoms with van der Waals surface area (Å²) in [5.41, 5.74) is 8.43. The molecule has 0 bridgehead atoms. The molecule has 0 unspecified atom stereocenters. The van der Waals surface area contributed by atoms with E-state index in [-0.39, 0.29) is 0 Å². The third-order valence-electron chi connectivity index (χ3n) is 2.37. The van der Waals surface area contributed by atoms with E-state index in [9.17, 15) is 0 Å². The summed E-state index contributed by atoms with van der Waals surface area (Å²) in [5.74, 6) is 0. The Morgan fingerprint density at radius 1 is 1.06 bits per heavy atom. The van der Waals surface area contributed by atoms with Crippen LogP contribution >= 0.6 is 23.2 Å². The normalized spacial score (nSPS) is 10.2. The van der Waals surface area contributed by atoms with Gasteiger partial charge < -0.3 is 11.1 Å². The third kappa shape index (κ3) is 3.29. The molecule has 0 saturated heterocycles. The molecule has 0 radical (unpaired) electrons. The number of nitrogens with one attached hydrogen (secondary N) is 1. The van der Waals surface area contributed by atoms with Crippen molar-refractivity contribution in [2.24, 2.45) is 0 Å². The molecule has 2 nitrogen and oxygen atoms in total. The summed E-state index contributed by atoms with van der Waals surface area (Å²) in [7, 11) is 0. The van der Waals surface area contributed by atoms with E-state index in [4.69, 9.17) is 28.9 Å². The van der Waals surface area contributed by atoms with Crippen LogP contribution in [0.1, 0.15) is 5.56 Å². The molecule has 0 aliphatic rings. The molecule has 0 aliphatic carbocycles. The van der Waals surface area contributed by atoms with E-state index < -0.39 is 0 Å². The Morgan fingerprint density at radius 2 is 1.88 bits per heavy atom. The predicted molar refractivity (Wildman–Crippen MR) is 74.6 cm³/mol. The van der Waals surface area contributed by atoms with Gasteiger partial charge in [-0.2, -0.15) is 0 Å². The molecule has 4 heteroatoms. The van der Waals surface area contributed by atoms with Crippen LogP contribution in [0.15, 0.2) is 42.5 Å². The lowest BCUT2D eigenvalue weighted by atomic mass is 10.2. The van der Waals surface area contributed by atoms with Crippen molar-refractivity contribution in [1.82, 2.24) is 0 Å². The van der Waals surface area contributed by atoms with E-state index in [0.29, 0.717) is 16.6 Å². The van der Waals surface area contributed by atoms with Gasteiger partial charge in [0.25, 0.3) is 0 Å². The quantitative estimate of drug-likeness (QED) is 0.818. The summed E-state index contributed by atoms with van der Waals surface area (Å²) in [6.07, 6.45) is 0. The van der Waals surface area contributed by atoms with E-state index in [1.54, 1.807) is 12.1 Å². The molecular formula is C13H12Cl2N2. The summed E-state index contributed by atoms with van der Waals surface area (Å²) in [4.78, 5) is 0. The second kappa shape index (κ2) is 5.30. The van der Waals surface area contributed by atoms with E-state index in [1.165, 1.54) is 0 Å². The van der Waals surface area contributed by atoms with E-state index >= 15 is 0 Å². The SMILES string of the molecule is Nc1cccc(CNc2ccc(Cl)cc2Cl)c1. The van der Waals surface area contributed by atoms with Crippen molar-refractivity contribution in [3.63, 3.8) is 0 Å². The molecule has 2 aromatic carbocycles. The van der Waals surface area contributed by atoms with Crippen LogP contribution in [0.4, 0.5) is 11.4 Å². The Labute approximate surface area is 110 Å². The van der Waals surface area contributed by atoms with Crippen LogP contribution in [0.25, 0.3) is 0 Å². The highest BCUT2D eigenvalue weighted by atomic mass is 35.5. The maximum Gasteiger partial charge on any atom is 0.0652 e. The number of hydrogen-bond acceptors (Lipinski definition) is 2. The summed E-state index contributed by atoms with van der Waals surface area (Å²) in [6, 6.07) is 13.1. The van der Waals surface area contributed by atoms with Gasteiger partial charge in [-0.05, 0) is 35.9 Å². The van der Waals surface area contributed by atoms with Crippen LogP contribution in [-0.4, -0.2) is 0 Å². The minimum absolute atomic E-state index is 0.612. The van der Waals surface area contributed by atoms with Crippen LogP contribution in [0, 0.1) is 0 Å². The van der Waals surface area contributed by atoms with Crippen molar-refractivity contribution < 1.29 is 0 Å². The van der Waals surface area contributed by atoms with Crippen LogP contribution < -0.4 is 11.1 Å². The molecule has 0 atom stereocenters. The van der Waals surface area contributed by atoms with Crippen molar-refractivity contribution in [3.05, 3.63) is 58.1 Å². The van der Waals surface area contributed by atoms with Gasteiger partial charge in [0.05, 0.1) is 10.7 Å². The van der Waals surface area contributed by atoms with Crippen molar-refractivity contribution in [3.8, 4) is 0 Å². The first-order chi connectivity index (χ1) is 8.15. The Kier molecular flexibility index (Phi) is 3.77. The summed E-state index contributed by atoms with van der Waals surface area (Å²) < 4.78 is 0. The molecule has 2 rings (SSSR count). The summed E-state index contributed by atoms with van der Waals surface area (Å²) in [6.45, 7) is 0.673. The number of hydrogen-bond donors (Lipinski definition) is 2.